The highest BCUT2D eigenvalue weighted by Crippen LogP contribution is 2.27. The summed E-state index contributed by atoms with van der Waals surface area (Å²) in [4.78, 5) is 0.478. The molecule has 2 N–H and O–H groups in total. The predicted octanol–water partition coefficient (Wildman–Crippen LogP) is 2.83. The van der Waals surface area contributed by atoms with Crippen LogP contribution in [0.4, 0.5) is 13.2 Å². The van der Waals surface area contributed by atoms with E-state index in [1.807, 2.05) is 0 Å². The van der Waals surface area contributed by atoms with Gasteiger partial charge in [0, 0.05) is 11.3 Å². The number of thiophene rings is 1. The molecule has 74 valence electrons. The van der Waals surface area contributed by atoms with Gasteiger partial charge in [0.05, 0.1) is 5.02 Å². The van der Waals surface area contributed by atoms with Gasteiger partial charge < -0.3 is 5.73 Å². The van der Waals surface area contributed by atoms with E-state index in [1.165, 1.54) is 11.3 Å². The van der Waals surface area contributed by atoms with Gasteiger partial charge in [-0.25, -0.2) is 0 Å². The summed E-state index contributed by atoms with van der Waals surface area (Å²) in [6, 6.07) is -0.270. The molecule has 0 saturated heterocycles. The fourth-order valence-corrected chi connectivity index (χ4v) is 1.96. The summed E-state index contributed by atoms with van der Waals surface area (Å²) in [5.41, 5.74) is 4.93. The second kappa shape index (κ2) is 3.86. The molecule has 1 atom stereocenters. The van der Waals surface area contributed by atoms with E-state index in [0.29, 0.717) is 9.90 Å². The SMILES string of the molecule is NC(Cc1sccc1Cl)C(F)(F)F. The number of hydrogen-bond acceptors (Lipinski definition) is 2. The maximum Gasteiger partial charge on any atom is 0.403 e. The van der Waals surface area contributed by atoms with Crippen LogP contribution >= 0.6 is 22.9 Å². The van der Waals surface area contributed by atoms with Crippen LogP contribution in [-0.4, -0.2) is 12.2 Å². The minimum Gasteiger partial charge on any atom is -0.320 e. The summed E-state index contributed by atoms with van der Waals surface area (Å²) >= 11 is 6.80. The zero-order chi connectivity index (χ0) is 10.1. The molecule has 0 amide bonds. The number of alkyl halides is 3. The van der Waals surface area contributed by atoms with Crippen LogP contribution in [0.25, 0.3) is 0 Å². The molecule has 1 unspecified atom stereocenters. The molecule has 1 heterocycles. The van der Waals surface area contributed by atoms with Gasteiger partial charge >= 0.3 is 6.18 Å². The Bertz CT molecular complexity index is 284. The molecule has 13 heavy (non-hydrogen) atoms. The summed E-state index contributed by atoms with van der Waals surface area (Å²) in [5.74, 6) is 0. The van der Waals surface area contributed by atoms with Gasteiger partial charge in [-0.15, -0.1) is 11.3 Å². The lowest BCUT2D eigenvalue weighted by Gasteiger charge is -2.14. The Morgan fingerprint density at radius 3 is 2.54 bits per heavy atom. The number of halogens is 4. The van der Waals surface area contributed by atoms with Crippen molar-refractivity contribution in [3.8, 4) is 0 Å². The molecule has 0 aliphatic heterocycles. The van der Waals surface area contributed by atoms with Crippen molar-refractivity contribution in [1.29, 1.82) is 0 Å². The number of hydrogen-bond donors (Lipinski definition) is 1. The van der Waals surface area contributed by atoms with E-state index in [4.69, 9.17) is 17.3 Å². The third kappa shape index (κ3) is 2.86. The second-order valence-corrected chi connectivity index (χ2v) is 3.95. The maximum absolute atomic E-state index is 12.0. The highest BCUT2D eigenvalue weighted by Gasteiger charge is 2.37. The molecule has 0 saturated carbocycles. The zero-order valence-corrected chi connectivity index (χ0v) is 8.01. The summed E-state index contributed by atoms with van der Waals surface area (Å²) < 4.78 is 36.0. The Labute approximate surface area is 82.3 Å². The van der Waals surface area contributed by atoms with Crippen molar-refractivity contribution in [3.05, 3.63) is 21.3 Å². The van der Waals surface area contributed by atoms with E-state index in [1.54, 1.807) is 11.4 Å². The first-order valence-electron chi connectivity index (χ1n) is 3.45. The largest absolute Gasteiger partial charge is 0.403 e. The summed E-state index contributed by atoms with van der Waals surface area (Å²) in [5, 5.41) is 1.99. The molecule has 0 aliphatic carbocycles. The average Bonchev–Trinajstić information content (AvgIpc) is 2.34. The lowest BCUT2D eigenvalue weighted by Crippen LogP contribution is -2.38. The lowest BCUT2D eigenvalue weighted by atomic mass is 10.2. The Hall–Kier alpha value is -0.260. The lowest BCUT2D eigenvalue weighted by molar-refractivity contribution is -0.147. The van der Waals surface area contributed by atoms with Crippen LogP contribution in [0, 0.1) is 0 Å². The van der Waals surface area contributed by atoms with Gasteiger partial charge in [0.2, 0.25) is 0 Å². The Morgan fingerprint density at radius 1 is 1.54 bits per heavy atom. The van der Waals surface area contributed by atoms with E-state index in [2.05, 4.69) is 0 Å². The van der Waals surface area contributed by atoms with Crippen LogP contribution in [0.2, 0.25) is 5.02 Å². The maximum atomic E-state index is 12.0. The molecule has 0 radical (unpaired) electrons. The van der Waals surface area contributed by atoms with Crippen LogP contribution in [0.3, 0.4) is 0 Å². The molecular weight excluding hydrogens is 223 g/mol. The van der Waals surface area contributed by atoms with Gasteiger partial charge in [-0.2, -0.15) is 13.2 Å². The third-order valence-corrected chi connectivity index (χ3v) is 2.93. The molecule has 1 nitrogen and oxygen atoms in total. The number of rotatable bonds is 2. The van der Waals surface area contributed by atoms with E-state index < -0.39 is 12.2 Å². The smallest absolute Gasteiger partial charge is 0.320 e. The number of nitrogens with two attached hydrogens (primary N) is 1. The van der Waals surface area contributed by atoms with E-state index in [0.717, 1.165) is 0 Å². The summed E-state index contributed by atoms with van der Waals surface area (Å²) in [6.07, 6.45) is -4.60. The van der Waals surface area contributed by atoms with Gasteiger partial charge in [0.25, 0.3) is 0 Å². The van der Waals surface area contributed by atoms with Crippen molar-refractivity contribution in [2.75, 3.05) is 0 Å². The first kappa shape index (κ1) is 10.8. The fraction of sp³-hybridized carbons (Fsp3) is 0.429. The molecular formula is C7H7ClF3NS. The van der Waals surface area contributed by atoms with Gasteiger partial charge in [-0.3, -0.25) is 0 Å². The molecule has 1 rings (SSSR count). The van der Waals surface area contributed by atoms with E-state index in [-0.39, 0.29) is 6.42 Å². The Morgan fingerprint density at radius 2 is 2.15 bits per heavy atom. The minimum atomic E-state index is -4.35. The van der Waals surface area contributed by atoms with Gasteiger partial charge in [-0.1, -0.05) is 11.6 Å². The van der Waals surface area contributed by atoms with Crippen molar-refractivity contribution in [1.82, 2.24) is 0 Å². The van der Waals surface area contributed by atoms with Gasteiger partial charge in [0.15, 0.2) is 0 Å². The first-order valence-corrected chi connectivity index (χ1v) is 4.71. The van der Waals surface area contributed by atoms with Crippen LogP contribution < -0.4 is 5.73 Å². The van der Waals surface area contributed by atoms with Gasteiger partial charge in [0.1, 0.15) is 6.04 Å². The van der Waals surface area contributed by atoms with Crippen LogP contribution in [0.5, 0.6) is 0 Å². The van der Waals surface area contributed by atoms with E-state index in [9.17, 15) is 13.2 Å². The second-order valence-electron chi connectivity index (χ2n) is 2.54. The Kier molecular flexibility index (Phi) is 3.21. The molecule has 0 spiro atoms. The molecule has 1 aromatic rings. The van der Waals surface area contributed by atoms with Crippen LogP contribution in [0.1, 0.15) is 4.88 Å². The van der Waals surface area contributed by atoms with Crippen molar-refractivity contribution in [3.63, 3.8) is 0 Å². The molecule has 0 fully saturated rings. The quantitative estimate of drug-likeness (QED) is 0.829. The van der Waals surface area contributed by atoms with Gasteiger partial charge in [-0.05, 0) is 11.4 Å². The van der Waals surface area contributed by atoms with E-state index >= 15 is 0 Å². The molecule has 6 heteroatoms. The average molecular weight is 230 g/mol. The normalized spacial score (nSPS) is 14.5. The molecule has 0 aromatic carbocycles. The van der Waals surface area contributed by atoms with Crippen molar-refractivity contribution in [2.45, 2.75) is 18.6 Å². The highest BCUT2D eigenvalue weighted by atomic mass is 35.5. The minimum absolute atomic E-state index is 0.250. The van der Waals surface area contributed by atoms with Crippen molar-refractivity contribution < 1.29 is 13.2 Å². The summed E-state index contributed by atoms with van der Waals surface area (Å²) in [6.45, 7) is 0. The van der Waals surface area contributed by atoms with Crippen LogP contribution in [0.15, 0.2) is 11.4 Å². The topological polar surface area (TPSA) is 26.0 Å². The highest BCUT2D eigenvalue weighted by molar-refractivity contribution is 7.10. The Balaban J connectivity index is 2.65. The monoisotopic (exact) mass is 229 g/mol. The first-order chi connectivity index (χ1) is 5.91. The summed E-state index contributed by atoms with van der Waals surface area (Å²) in [7, 11) is 0. The zero-order valence-electron chi connectivity index (χ0n) is 6.44. The van der Waals surface area contributed by atoms with Crippen molar-refractivity contribution >= 4 is 22.9 Å². The molecule has 1 aromatic heterocycles. The third-order valence-electron chi connectivity index (χ3n) is 1.52. The van der Waals surface area contributed by atoms with Crippen molar-refractivity contribution in [2.24, 2.45) is 5.73 Å². The molecule has 0 aliphatic rings. The standard InChI is InChI=1S/C7H7ClF3NS/c8-4-1-2-13-5(4)3-6(12)7(9,10)11/h1-2,6H,3,12H2. The predicted molar refractivity (Wildman–Crippen MR) is 47.1 cm³/mol. The fourth-order valence-electron chi connectivity index (χ4n) is 0.786. The molecule has 0 bridgehead atoms. The van der Waals surface area contributed by atoms with Crippen LogP contribution in [-0.2, 0) is 6.42 Å².